The zero-order valence-electron chi connectivity index (χ0n) is 26.4. The van der Waals surface area contributed by atoms with Gasteiger partial charge in [0.15, 0.2) is 0 Å². The highest BCUT2D eigenvalue weighted by Crippen LogP contribution is 2.35. The van der Waals surface area contributed by atoms with Crippen LogP contribution in [-0.4, -0.2) is 114 Å². The number of rotatable bonds is 8. The van der Waals surface area contributed by atoms with Crippen molar-refractivity contribution in [3.8, 4) is 5.88 Å². The Labute approximate surface area is 269 Å². The Bertz CT molecular complexity index is 1510. The van der Waals surface area contributed by atoms with Gasteiger partial charge in [0.25, 0.3) is 0 Å². The fraction of sp³-hybridized carbons (Fsp3) is 0.457. The summed E-state index contributed by atoms with van der Waals surface area (Å²) < 4.78 is 25.3. The number of fused-ring (bicyclic) bond motifs is 1. The van der Waals surface area contributed by atoms with Crippen LogP contribution < -0.4 is 9.64 Å². The number of ether oxygens (including phenoxy) is 2. The molecule has 4 heterocycles. The van der Waals surface area contributed by atoms with Gasteiger partial charge < -0.3 is 19.5 Å². The van der Waals surface area contributed by atoms with E-state index in [0.717, 1.165) is 23.2 Å². The number of nitrogens with zero attached hydrogens (tertiary/aromatic N) is 5. The predicted molar refractivity (Wildman–Crippen MR) is 172 cm³/mol. The average molecular weight is 632 g/mol. The van der Waals surface area contributed by atoms with E-state index in [4.69, 9.17) is 9.47 Å². The lowest BCUT2D eigenvalue weighted by Gasteiger charge is -2.47. The minimum atomic E-state index is -0.941. The Balaban J connectivity index is 1.29. The van der Waals surface area contributed by atoms with Gasteiger partial charge >= 0.3 is 6.09 Å². The standard InChI is InChI=1S/C35H42FN5O5/c1-24-18-39(31(20-40(24)35(43)44)19-38-12-13-45-22-25(38)2)21-33(42)41-30(15-26-6-4-3-5-7-26)23-46-34-32(41)16-28(17-37-34)14-27-8-10-29(36)11-9-27/h3-11,16-17,24-25,30-31H,12-15,18-23H2,1-2H3,(H,43,44)/t24-,25?,30?,31+/m1/s1. The van der Waals surface area contributed by atoms with Gasteiger partial charge in [-0.15, -0.1) is 0 Å². The molecule has 2 amide bonds. The number of carboxylic acid groups (broad SMARTS) is 1. The fourth-order valence-corrected chi connectivity index (χ4v) is 6.82. The molecule has 0 saturated carbocycles. The average Bonchev–Trinajstić information content (AvgIpc) is 3.04. The Kier molecular flexibility index (Phi) is 9.81. The summed E-state index contributed by atoms with van der Waals surface area (Å²) in [5.74, 6) is 0.0339. The smallest absolute Gasteiger partial charge is 0.407 e. The lowest BCUT2D eigenvalue weighted by Crippen LogP contribution is -2.64. The third kappa shape index (κ3) is 7.32. The molecule has 1 N–H and O–H groups in total. The van der Waals surface area contributed by atoms with Gasteiger partial charge in [-0.1, -0.05) is 42.5 Å². The van der Waals surface area contributed by atoms with Crippen molar-refractivity contribution < 1.29 is 28.6 Å². The molecule has 2 aromatic carbocycles. The van der Waals surface area contributed by atoms with Crippen LogP contribution in [-0.2, 0) is 22.4 Å². The van der Waals surface area contributed by atoms with Gasteiger partial charge in [-0.2, -0.15) is 0 Å². The van der Waals surface area contributed by atoms with E-state index in [1.165, 1.54) is 17.0 Å². The molecule has 3 aliphatic rings. The number of carbonyl (C=O) groups is 2. The van der Waals surface area contributed by atoms with Crippen LogP contribution in [0.25, 0.3) is 0 Å². The van der Waals surface area contributed by atoms with Gasteiger partial charge in [-0.25, -0.2) is 14.2 Å². The van der Waals surface area contributed by atoms with E-state index < -0.39 is 6.09 Å². The van der Waals surface area contributed by atoms with Gasteiger partial charge in [-0.05, 0) is 61.6 Å². The highest BCUT2D eigenvalue weighted by molar-refractivity contribution is 5.97. The number of halogens is 1. The molecule has 3 aromatic rings. The van der Waals surface area contributed by atoms with Crippen LogP contribution in [0, 0.1) is 5.82 Å². The van der Waals surface area contributed by atoms with Gasteiger partial charge in [0.05, 0.1) is 25.8 Å². The SMILES string of the molecule is CC1COCCN1C[C@H]1CN(C(=O)O)[C@H](C)CN1CC(=O)N1c2cc(Cc3ccc(F)cc3)cnc2OCC1Cc1ccccc1. The van der Waals surface area contributed by atoms with Crippen LogP contribution >= 0.6 is 0 Å². The number of amides is 2. The predicted octanol–water partition coefficient (Wildman–Crippen LogP) is 3.92. The van der Waals surface area contributed by atoms with Crippen LogP contribution in [0.1, 0.15) is 30.5 Å². The van der Waals surface area contributed by atoms with E-state index >= 15 is 0 Å². The summed E-state index contributed by atoms with van der Waals surface area (Å²) in [6.07, 6.45) is 1.93. The topological polar surface area (TPSA) is 98.7 Å². The molecular formula is C35H42FN5O5. The molecule has 244 valence electrons. The highest BCUT2D eigenvalue weighted by atomic mass is 19.1. The number of anilines is 1. The second-order valence-electron chi connectivity index (χ2n) is 12.7. The molecule has 3 aliphatic heterocycles. The second-order valence-corrected chi connectivity index (χ2v) is 12.7. The van der Waals surface area contributed by atoms with Gasteiger partial charge in [-0.3, -0.25) is 19.5 Å². The molecule has 0 spiro atoms. The van der Waals surface area contributed by atoms with Crippen molar-refractivity contribution in [2.24, 2.45) is 0 Å². The van der Waals surface area contributed by atoms with E-state index in [1.54, 1.807) is 18.3 Å². The first-order chi connectivity index (χ1) is 22.2. The molecule has 0 radical (unpaired) electrons. The maximum atomic E-state index is 14.6. The molecule has 11 heteroatoms. The maximum absolute atomic E-state index is 14.6. The lowest BCUT2D eigenvalue weighted by atomic mass is 10.0. The Morgan fingerprint density at radius 2 is 1.72 bits per heavy atom. The summed E-state index contributed by atoms with van der Waals surface area (Å²) >= 11 is 0. The van der Waals surface area contributed by atoms with Crippen molar-refractivity contribution in [2.75, 3.05) is 57.4 Å². The Morgan fingerprint density at radius 1 is 0.935 bits per heavy atom. The second kappa shape index (κ2) is 14.1. The molecule has 46 heavy (non-hydrogen) atoms. The van der Waals surface area contributed by atoms with Crippen LogP contribution in [0.5, 0.6) is 5.88 Å². The molecular weight excluding hydrogens is 589 g/mol. The number of pyridine rings is 1. The Hall–Kier alpha value is -4.06. The molecule has 2 unspecified atom stereocenters. The van der Waals surface area contributed by atoms with Crippen molar-refractivity contribution in [2.45, 2.75) is 50.9 Å². The zero-order chi connectivity index (χ0) is 32.2. The monoisotopic (exact) mass is 631 g/mol. The van der Waals surface area contributed by atoms with Crippen molar-refractivity contribution in [3.63, 3.8) is 0 Å². The first kappa shape index (κ1) is 31.9. The molecule has 0 aliphatic carbocycles. The van der Waals surface area contributed by atoms with E-state index in [9.17, 15) is 19.1 Å². The third-order valence-corrected chi connectivity index (χ3v) is 9.32. The zero-order valence-corrected chi connectivity index (χ0v) is 26.4. The molecule has 10 nitrogen and oxygen atoms in total. The minimum Gasteiger partial charge on any atom is -0.474 e. The molecule has 0 bridgehead atoms. The van der Waals surface area contributed by atoms with E-state index in [2.05, 4.69) is 21.7 Å². The molecule has 6 rings (SSSR count). The summed E-state index contributed by atoms with van der Waals surface area (Å²) in [4.78, 5) is 39.1. The van der Waals surface area contributed by atoms with Crippen LogP contribution in [0.15, 0.2) is 66.9 Å². The van der Waals surface area contributed by atoms with Crippen LogP contribution in [0.3, 0.4) is 0 Å². The number of benzene rings is 2. The number of aromatic nitrogens is 1. The largest absolute Gasteiger partial charge is 0.474 e. The van der Waals surface area contributed by atoms with Crippen LogP contribution in [0.4, 0.5) is 14.9 Å². The first-order valence-electron chi connectivity index (χ1n) is 16.0. The summed E-state index contributed by atoms with van der Waals surface area (Å²) in [6.45, 7) is 7.89. The summed E-state index contributed by atoms with van der Waals surface area (Å²) in [5.41, 5.74) is 3.53. The summed E-state index contributed by atoms with van der Waals surface area (Å²) in [5, 5.41) is 9.94. The number of morpholine rings is 1. The molecule has 1 aromatic heterocycles. The molecule has 4 atom stereocenters. The molecule has 2 fully saturated rings. The van der Waals surface area contributed by atoms with E-state index in [0.29, 0.717) is 63.9 Å². The number of hydrogen-bond acceptors (Lipinski definition) is 7. The summed E-state index contributed by atoms with van der Waals surface area (Å²) in [7, 11) is 0. The number of piperazine rings is 1. The molecule has 2 saturated heterocycles. The van der Waals surface area contributed by atoms with E-state index in [-0.39, 0.29) is 42.4 Å². The van der Waals surface area contributed by atoms with Gasteiger partial charge in [0, 0.05) is 50.5 Å². The van der Waals surface area contributed by atoms with Crippen molar-refractivity contribution in [1.29, 1.82) is 0 Å². The minimum absolute atomic E-state index is 0.0813. The lowest BCUT2D eigenvalue weighted by molar-refractivity contribution is -0.122. The maximum Gasteiger partial charge on any atom is 0.407 e. The quantitative estimate of drug-likeness (QED) is 0.400. The summed E-state index contributed by atoms with van der Waals surface area (Å²) in [6, 6.07) is 17.9. The van der Waals surface area contributed by atoms with E-state index in [1.807, 2.05) is 48.2 Å². The fourth-order valence-electron chi connectivity index (χ4n) is 6.82. The van der Waals surface area contributed by atoms with Gasteiger partial charge in [0.1, 0.15) is 18.1 Å². The third-order valence-electron chi connectivity index (χ3n) is 9.32. The number of hydrogen-bond donors (Lipinski definition) is 1. The Morgan fingerprint density at radius 3 is 2.46 bits per heavy atom. The van der Waals surface area contributed by atoms with Crippen molar-refractivity contribution >= 4 is 17.7 Å². The van der Waals surface area contributed by atoms with Gasteiger partial charge in [0.2, 0.25) is 11.8 Å². The van der Waals surface area contributed by atoms with Crippen molar-refractivity contribution in [1.82, 2.24) is 19.7 Å². The normalized spacial score (nSPS) is 23.9. The highest BCUT2D eigenvalue weighted by Gasteiger charge is 2.40. The first-order valence-corrected chi connectivity index (χ1v) is 16.0. The van der Waals surface area contributed by atoms with Crippen LogP contribution in [0.2, 0.25) is 0 Å². The number of carbonyl (C=O) groups excluding carboxylic acids is 1. The van der Waals surface area contributed by atoms with Crippen molar-refractivity contribution in [3.05, 3.63) is 89.4 Å².